The van der Waals surface area contributed by atoms with Gasteiger partial charge in [-0.05, 0) is 48.3 Å². The quantitative estimate of drug-likeness (QED) is 0.637. The molecule has 2 bridgehead atoms. The molecule has 1 saturated heterocycles. The number of likely N-dealkylation sites (tertiary alicyclic amines) is 1. The maximum absolute atomic E-state index is 12.8. The number of imide groups is 1. The van der Waals surface area contributed by atoms with Gasteiger partial charge in [0.15, 0.2) is 0 Å². The normalized spacial score (nSPS) is 36.2. The van der Waals surface area contributed by atoms with Crippen molar-refractivity contribution in [1.82, 2.24) is 4.90 Å². The molecule has 5 nitrogen and oxygen atoms in total. The summed E-state index contributed by atoms with van der Waals surface area (Å²) in [4.78, 5) is 39.2. The Kier molecular flexibility index (Phi) is 3.50. The topological polar surface area (TPSA) is 66.5 Å². The zero-order valence-corrected chi connectivity index (χ0v) is 15.2. The highest BCUT2D eigenvalue weighted by molar-refractivity contribution is 6.42. The fourth-order valence-corrected chi connectivity index (χ4v) is 5.39. The minimum absolute atomic E-state index is 0.162. The van der Waals surface area contributed by atoms with E-state index in [0.717, 1.165) is 11.3 Å². The maximum atomic E-state index is 12.8. The highest BCUT2D eigenvalue weighted by Gasteiger charge is 2.67. The molecular weight excluding hydrogens is 375 g/mol. The summed E-state index contributed by atoms with van der Waals surface area (Å²) in [5.74, 6) is 0.0420. The Morgan fingerprint density at radius 1 is 1.04 bits per heavy atom. The standard InChI is InChI=1S/C19H16Cl2N2O3/c20-13-4-1-8(5-14(13)21)22-15(24)7-23-18(25)16-9-2-3-10(12-6-11(9)12)17(16)19(23)26/h1-5,9-12,16-17H,6-7H2,(H,22,24)/t9-,10-,11-,12-,16+,17+/m0/s1. The molecule has 0 radical (unpaired) electrons. The second-order valence-corrected chi connectivity index (χ2v) is 8.41. The lowest BCUT2D eigenvalue weighted by atomic mass is 9.63. The van der Waals surface area contributed by atoms with E-state index in [-0.39, 0.29) is 42.0 Å². The first kappa shape index (κ1) is 16.3. The van der Waals surface area contributed by atoms with Gasteiger partial charge in [-0.1, -0.05) is 35.4 Å². The number of benzene rings is 1. The molecule has 2 saturated carbocycles. The third kappa shape index (κ3) is 2.26. The Morgan fingerprint density at radius 2 is 1.65 bits per heavy atom. The van der Waals surface area contributed by atoms with Crippen LogP contribution in [0.4, 0.5) is 5.69 Å². The van der Waals surface area contributed by atoms with Gasteiger partial charge in [0, 0.05) is 5.69 Å². The van der Waals surface area contributed by atoms with E-state index in [1.165, 1.54) is 6.07 Å². The fraction of sp³-hybridized carbons (Fsp3) is 0.421. The van der Waals surface area contributed by atoms with Crippen LogP contribution < -0.4 is 5.32 Å². The number of anilines is 1. The second kappa shape index (κ2) is 5.57. The molecule has 1 aromatic carbocycles. The fourth-order valence-electron chi connectivity index (χ4n) is 5.09. The average molecular weight is 391 g/mol. The third-order valence-electron chi connectivity index (χ3n) is 6.26. The summed E-state index contributed by atoms with van der Waals surface area (Å²) in [5, 5.41) is 3.38. The zero-order valence-electron chi connectivity index (χ0n) is 13.7. The average Bonchev–Trinajstić information content (AvgIpc) is 3.39. The number of carbonyl (C=O) groups is 3. The van der Waals surface area contributed by atoms with Crippen LogP contribution in [0.25, 0.3) is 0 Å². The van der Waals surface area contributed by atoms with Crippen molar-refractivity contribution < 1.29 is 14.4 Å². The minimum atomic E-state index is -0.422. The maximum Gasteiger partial charge on any atom is 0.244 e. The molecule has 3 amide bonds. The number of hydrogen-bond acceptors (Lipinski definition) is 3. The molecule has 0 spiro atoms. The molecule has 7 heteroatoms. The van der Waals surface area contributed by atoms with Crippen LogP contribution in [-0.4, -0.2) is 29.2 Å². The van der Waals surface area contributed by atoms with Crippen LogP contribution in [0.1, 0.15) is 6.42 Å². The Bertz CT molecular complexity index is 848. The van der Waals surface area contributed by atoms with E-state index in [1.54, 1.807) is 12.1 Å². The first-order valence-electron chi connectivity index (χ1n) is 8.74. The number of halogens is 2. The third-order valence-corrected chi connectivity index (χ3v) is 7.00. The summed E-state index contributed by atoms with van der Waals surface area (Å²) in [6, 6.07) is 4.74. The van der Waals surface area contributed by atoms with Crippen molar-refractivity contribution in [2.24, 2.45) is 35.5 Å². The van der Waals surface area contributed by atoms with Gasteiger partial charge in [-0.25, -0.2) is 0 Å². The van der Waals surface area contributed by atoms with Gasteiger partial charge in [0.05, 0.1) is 21.9 Å². The van der Waals surface area contributed by atoms with Gasteiger partial charge >= 0.3 is 0 Å². The molecular formula is C19H16Cl2N2O3. The van der Waals surface area contributed by atoms with Crippen molar-refractivity contribution in [3.8, 4) is 0 Å². The van der Waals surface area contributed by atoms with Crippen molar-refractivity contribution in [3.63, 3.8) is 0 Å². The Labute approximate surface area is 160 Å². The lowest BCUT2D eigenvalue weighted by Crippen LogP contribution is -2.40. The van der Waals surface area contributed by atoms with Gasteiger partial charge < -0.3 is 5.32 Å². The summed E-state index contributed by atoms with van der Waals surface area (Å²) < 4.78 is 0. The molecule has 0 unspecified atom stereocenters. The van der Waals surface area contributed by atoms with E-state index < -0.39 is 5.91 Å². The number of allylic oxidation sites excluding steroid dienone is 2. The summed E-state index contributed by atoms with van der Waals surface area (Å²) in [7, 11) is 0. The highest BCUT2D eigenvalue weighted by Crippen LogP contribution is 2.65. The molecule has 26 heavy (non-hydrogen) atoms. The number of hydrogen-bond donors (Lipinski definition) is 1. The Balaban J connectivity index is 1.32. The van der Waals surface area contributed by atoms with Crippen molar-refractivity contribution >= 4 is 46.6 Å². The molecule has 0 aromatic heterocycles. The number of amides is 3. The van der Waals surface area contributed by atoms with E-state index in [9.17, 15) is 14.4 Å². The smallest absolute Gasteiger partial charge is 0.244 e. The Hall–Kier alpha value is -1.85. The molecule has 4 aliphatic carbocycles. The summed E-state index contributed by atoms with van der Waals surface area (Å²) in [6.45, 7) is -0.264. The van der Waals surface area contributed by atoms with E-state index in [2.05, 4.69) is 17.5 Å². The van der Waals surface area contributed by atoms with Crippen LogP contribution in [-0.2, 0) is 14.4 Å². The molecule has 1 N–H and O–H groups in total. The van der Waals surface area contributed by atoms with Crippen LogP contribution in [0.5, 0.6) is 0 Å². The van der Waals surface area contributed by atoms with E-state index in [4.69, 9.17) is 23.2 Å². The van der Waals surface area contributed by atoms with Gasteiger partial charge in [-0.3, -0.25) is 19.3 Å². The first-order valence-corrected chi connectivity index (χ1v) is 9.50. The molecule has 134 valence electrons. The van der Waals surface area contributed by atoms with Crippen molar-refractivity contribution in [2.45, 2.75) is 6.42 Å². The van der Waals surface area contributed by atoms with Gasteiger partial charge in [0.2, 0.25) is 17.7 Å². The lowest BCUT2D eigenvalue weighted by molar-refractivity contribution is -0.142. The van der Waals surface area contributed by atoms with Crippen LogP contribution in [0.3, 0.4) is 0 Å². The second-order valence-electron chi connectivity index (χ2n) is 7.59. The van der Waals surface area contributed by atoms with Crippen molar-refractivity contribution in [2.75, 3.05) is 11.9 Å². The van der Waals surface area contributed by atoms with Crippen LogP contribution in [0.2, 0.25) is 10.0 Å². The molecule has 1 aromatic rings. The zero-order chi connectivity index (χ0) is 18.2. The van der Waals surface area contributed by atoms with Gasteiger partial charge in [0.25, 0.3) is 0 Å². The SMILES string of the molecule is O=C(CN1C(=O)[C@@H]2[C@H]3C=C[C@@H]([C@@H]4C[C@@H]34)[C@H]2C1=O)Nc1ccc(Cl)c(Cl)c1. The minimum Gasteiger partial charge on any atom is -0.324 e. The molecule has 6 atom stereocenters. The van der Waals surface area contributed by atoms with Gasteiger partial charge in [-0.2, -0.15) is 0 Å². The molecule has 3 fully saturated rings. The molecule has 1 aliphatic heterocycles. The van der Waals surface area contributed by atoms with Crippen LogP contribution >= 0.6 is 23.2 Å². The highest BCUT2D eigenvalue weighted by atomic mass is 35.5. The molecule has 1 heterocycles. The van der Waals surface area contributed by atoms with Crippen molar-refractivity contribution in [3.05, 3.63) is 40.4 Å². The van der Waals surface area contributed by atoms with Gasteiger partial charge in [0.1, 0.15) is 6.54 Å². The first-order chi connectivity index (χ1) is 12.5. The predicted octanol–water partition coefficient (Wildman–Crippen LogP) is 2.99. The largest absolute Gasteiger partial charge is 0.324 e. The number of nitrogens with zero attached hydrogens (tertiary/aromatic N) is 1. The summed E-state index contributed by atoms with van der Waals surface area (Å²) in [5.41, 5.74) is 0.476. The van der Waals surface area contributed by atoms with Gasteiger partial charge in [-0.15, -0.1) is 0 Å². The number of rotatable bonds is 3. The molecule has 6 rings (SSSR count). The van der Waals surface area contributed by atoms with Crippen molar-refractivity contribution in [1.29, 1.82) is 0 Å². The predicted molar refractivity (Wildman–Crippen MR) is 96.5 cm³/mol. The number of nitrogens with one attached hydrogen (secondary N) is 1. The number of carbonyl (C=O) groups excluding carboxylic acids is 3. The van der Waals surface area contributed by atoms with E-state index >= 15 is 0 Å². The summed E-state index contributed by atoms with van der Waals surface area (Å²) >= 11 is 11.8. The monoisotopic (exact) mass is 390 g/mol. The van der Waals surface area contributed by atoms with Crippen LogP contribution in [0, 0.1) is 35.5 Å². The van der Waals surface area contributed by atoms with E-state index in [0.29, 0.717) is 27.6 Å². The van der Waals surface area contributed by atoms with E-state index in [1.807, 2.05) is 0 Å². The summed E-state index contributed by atoms with van der Waals surface area (Å²) in [6.07, 6.45) is 5.35. The lowest BCUT2D eigenvalue weighted by Gasteiger charge is -2.37. The Morgan fingerprint density at radius 3 is 2.23 bits per heavy atom. The molecule has 5 aliphatic rings. The van der Waals surface area contributed by atoms with Crippen LogP contribution in [0.15, 0.2) is 30.4 Å².